The summed E-state index contributed by atoms with van der Waals surface area (Å²) in [7, 11) is 0. The van der Waals surface area contributed by atoms with Crippen LogP contribution in [0.2, 0.25) is 0 Å². The van der Waals surface area contributed by atoms with Crippen molar-refractivity contribution in [2.75, 3.05) is 5.32 Å². The average molecular weight is 432 g/mol. The largest absolute Gasteiger partial charge is 0.360 e. The Bertz CT molecular complexity index is 1270. The van der Waals surface area contributed by atoms with Crippen molar-refractivity contribution < 1.29 is 0 Å². The summed E-state index contributed by atoms with van der Waals surface area (Å²) < 4.78 is 0. The lowest BCUT2D eigenvalue weighted by Crippen LogP contribution is -2.25. The Morgan fingerprint density at radius 1 is 0.697 bits per heavy atom. The molecule has 0 saturated carbocycles. The third-order valence-electron chi connectivity index (χ3n) is 6.29. The maximum atomic E-state index is 5.21. The number of benzene rings is 4. The Morgan fingerprint density at radius 2 is 1.27 bits per heavy atom. The number of para-hydroxylation sites is 1. The summed E-state index contributed by atoms with van der Waals surface area (Å²) in [5.74, 6) is 0.920. The van der Waals surface area contributed by atoms with E-state index in [2.05, 4.69) is 128 Å². The van der Waals surface area contributed by atoms with Gasteiger partial charge in [-0.3, -0.25) is 4.99 Å². The van der Waals surface area contributed by atoms with Crippen LogP contribution in [0.5, 0.6) is 0 Å². The number of aliphatic imine (C=N–C) groups is 1. The second-order valence-corrected chi connectivity index (χ2v) is 8.81. The predicted molar refractivity (Wildman–Crippen MR) is 138 cm³/mol. The second kappa shape index (κ2) is 8.95. The fraction of sp³-hybridized carbons (Fsp3) is 0.167. The molecule has 0 aromatic heterocycles. The van der Waals surface area contributed by atoms with Crippen molar-refractivity contribution in [2.45, 2.75) is 32.9 Å². The highest BCUT2D eigenvalue weighted by Crippen LogP contribution is 2.38. The van der Waals surface area contributed by atoms with Gasteiger partial charge < -0.3 is 10.6 Å². The Kier molecular flexibility index (Phi) is 5.70. The van der Waals surface area contributed by atoms with Crippen molar-refractivity contribution in [3.05, 3.63) is 130 Å². The smallest absolute Gasteiger partial charge is 0.131 e. The number of nitrogens with one attached hydrogen (secondary N) is 2. The molecule has 3 heteroatoms. The molecule has 0 bridgehead atoms. The van der Waals surface area contributed by atoms with Gasteiger partial charge in [-0.05, 0) is 55.2 Å². The van der Waals surface area contributed by atoms with E-state index in [0.717, 1.165) is 22.8 Å². The van der Waals surface area contributed by atoms with Gasteiger partial charge in [0.25, 0.3) is 0 Å². The van der Waals surface area contributed by atoms with Gasteiger partial charge in [-0.15, -0.1) is 0 Å². The molecule has 3 nitrogen and oxygen atoms in total. The molecule has 4 aromatic carbocycles. The fourth-order valence-corrected chi connectivity index (χ4v) is 4.78. The summed E-state index contributed by atoms with van der Waals surface area (Å²) >= 11 is 0. The van der Waals surface area contributed by atoms with E-state index in [1.165, 1.54) is 27.8 Å². The molecule has 0 aliphatic carbocycles. The molecule has 1 aliphatic heterocycles. The molecule has 2 atom stereocenters. The van der Waals surface area contributed by atoms with Crippen molar-refractivity contribution in [3.8, 4) is 0 Å². The molecule has 1 heterocycles. The summed E-state index contributed by atoms with van der Waals surface area (Å²) in [5, 5.41) is 7.45. The first kappa shape index (κ1) is 21.0. The van der Waals surface area contributed by atoms with Crippen LogP contribution in [0.3, 0.4) is 0 Å². The van der Waals surface area contributed by atoms with Crippen molar-refractivity contribution in [3.63, 3.8) is 0 Å². The number of hydrogen-bond acceptors (Lipinski definition) is 3. The maximum absolute atomic E-state index is 5.21. The number of aryl methyl sites for hydroxylation is 3. The van der Waals surface area contributed by atoms with Crippen LogP contribution in [0.15, 0.2) is 102 Å². The Hall–Kier alpha value is -3.85. The van der Waals surface area contributed by atoms with E-state index in [1.54, 1.807) is 0 Å². The molecule has 0 fully saturated rings. The van der Waals surface area contributed by atoms with Gasteiger partial charge in [0.1, 0.15) is 11.9 Å². The molecule has 1 aliphatic rings. The summed E-state index contributed by atoms with van der Waals surface area (Å²) in [4.78, 5) is 5.21. The normalized spacial score (nSPS) is 17.4. The molecule has 33 heavy (non-hydrogen) atoms. The van der Waals surface area contributed by atoms with Gasteiger partial charge in [0.2, 0.25) is 0 Å². The molecule has 4 aromatic rings. The van der Waals surface area contributed by atoms with E-state index in [0.29, 0.717) is 0 Å². The lowest BCUT2D eigenvalue weighted by atomic mass is 9.95. The number of nitrogens with zero attached hydrogens (tertiary/aromatic N) is 1. The minimum absolute atomic E-state index is 0.0134. The first-order valence-electron chi connectivity index (χ1n) is 11.5. The first-order chi connectivity index (χ1) is 16.1. The van der Waals surface area contributed by atoms with Gasteiger partial charge >= 0.3 is 0 Å². The van der Waals surface area contributed by atoms with Gasteiger partial charge in [-0.25, -0.2) is 0 Å². The Balaban J connectivity index is 1.55. The molecular weight excluding hydrogens is 402 g/mol. The van der Waals surface area contributed by atoms with Crippen molar-refractivity contribution >= 4 is 17.2 Å². The number of amidine groups is 1. The van der Waals surface area contributed by atoms with Crippen LogP contribution in [0.1, 0.15) is 45.5 Å². The summed E-state index contributed by atoms with van der Waals surface area (Å²) in [6.45, 7) is 6.46. The van der Waals surface area contributed by atoms with Crippen molar-refractivity contribution in [1.82, 2.24) is 5.32 Å². The van der Waals surface area contributed by atoms with Gasteiger partial charge in [0.15, 0.2) is 0 Å². The number of hydrogen-bond donors (Lipinski definition) is 2. The lowest BCUT2D eigenvalue weighted by molar-refractivity contribution is 0.572. The van der Waals surface area contributed by atoms with E-state index in [-0.39, 0.29) is 12.1 Å². The summed E-state index contributed by atoms with van der Waals surface area (Å²) in [6.07, 6.45) is 0. The highest BCUT2D eigenvalue weighted by atomic mass is 15.1. The van der Waals surface area contributed by atoms with Gasteiger partial charge in [0, 0.05) is 16.9 Å². The monoisotopic (exact) mass is 431 g/mol. The standard InChI is InChI=1S/C30H29N3/c1-20-18-21(2)27(22(3)19-20)31-26-17-11-10-16-25(26)30-32-28(23-12-6-4-7-13-23)29(33-30)24-14-8-5-9-15-24/h4-19,28-29,31H,1-3H3,(H,32,33)/t28-,29-/m0/s1. The molecule has 5 rings (SSSR count). The average Bonchev–Trinajstić information content (AvgIpc) is 3.28. The zero-order chi connectivity index (χ0) is 22.8. The van der Waals surface area contributed by atoms with Crippen LogP contribution in [-0.2, 0) is 0 Å². The van der Waals surface area contributed by atoms with Crippen LogP contribution in [-0.4, -0.2) is 5.84 Å². The van der Waals surface area contributed by atoms with Crippen molar-refractivity contribution in [1.29, 1.82) is 0 Å². The minimum atomic E-state index is 0.0134. The van der Waals surface area contributed by atoms with E-state index >= 15 is 0 Å². The van der Waals surface area contributed by atoms with Crippen LogP contribution in [0.4, 0.5) is 11.4 Å². The van der Waals surface area contributed by atoms with E-state index in [9.17, 15) is 0 Å². The molecule has 2 N–H and O–H groups in total. The Labute approximate surface area is 196 Å². The molecule has 0 radical (unpaired) electrons. The molecule has 0 spiro atoms. The summed E-state index contributed by atoms with van der Waals surface area (Å²) in [6, 6.07) is 34.1. The fourth-order valence-electron chi connectivity index (χ4n) is 4.78. The lowest BCUT2D eigenvalue weighted by Gasteiger charge is -2.20. The quantitative estimate of drug-likeness (QED) is 0.351. The maximum Gasteiger partial charge on any atom is 0.131 e. The number of anilines is 2. The summed E-state index contributed by atoms with van der Waals surface area (Å²) in [5.41, 5.74) is 9.51. The van der Waals surface area contributed by atoms with E-state index in [1.807, 2.05) is 0 Å². The molecular formula is C30H29N3. The predicted octanol–water partition coefficient (Wildman–Crippen LogP) is 7.19. The zero-order valence-electron chi connectivity index (χ0n) is 19.3. The SMILES string of the molecule is Cc1cc(C)c(Nc2ccccc2C2=N[C@@H](c3ccccc3)[C@H](c3ccccc3)N2)c(C)c1. The van der Waals surface area contributed by atoms with Crippen LogP contribution in [0, 0.1) is 20.8 Å². The van der Waals surface area contributed by atoms with Gasteiger partial charge in [0.05, 0.1) is 6.04 Å². The second-order valence-electron chi connectivity index (χ2n) is 8.81. The molecule has 164 valence electrons. The molecule has 0 unspecified atom stereocenters. The van der Waals surface area contributed by atoms with E-state index < -0.39 is 0 Å². The van der Waals surface area contributed by atoms with E-state index in [4.69, 9.17) is 4.99 Å². The number of rotatable bonds is 5. The molecule has 0 amide bonds. The van der Waals surface area contributed by atoms with Crippen LogP contribution >= 0.6 is 0 Å². The van der Waals surface area contributed by atoms with Crippen LogP contribution < -0.4 is 10.6 Å². The van der Waals surface area contributed by atoms with Gasteiger partial charge in [-0.2, -0.15) is 0 Å². The molecule has 0 saturated heterocycles. The minimum Gasteiger partial charge on any atom is -0.360 e. The van der Waals surface area contributed by atoms with Gasteiger partial charge in [-0.1, -0.05) is 90.5 Å². The highest BCUT2D eigenvalue weighted by Gasteiger charge is 2.32. The zero-order valence-corrected chi connectivity index (χ0v) is 19.3. The Morgan fingerprint density at radius 3 is 1.94 bits per heavy atom. The van der Waals surface area contributed by atoms with Crippen molar-refractivity contribution in [2.24, 2.45) is 4.99 Å². The third-order valence-corrected chi connectivity index (χ3v) is 6.29. The van der Waals surface area contributed by atoms with Crippen LogP contribution in [0.25, 0.3) is 0 Å². The third kappa shape index (κ3) is 4.27. The topological polar surface area (TPSA) is 36.4 Å². The highest BCUT2D eigenvalue weighted by molar-refractivity contribution is 6.05. The first-order valence-corrected chi connectivity index (χ1v) is 11.5.